The molecule has 2 aromatic rings. The highest BCUT2D eigenvalue weighted by atomic mass is 35.5. The van der Waals surface area contributed by atoms with Gasteiger partial charge in [0.2, 0.25) is 0 Å². The summed E-state index contributed by atoms with van der Waals surface area (Å²) in [6.45, 7) is 3.37. The van der Waals surface area contributed by atoms with Gasteiger partial charge in [0.25, 0.3) is 11.8 Å². The lowest BCUT2D eigenvalue weighted by Gasteiger charge is -2.35. The molecule has 1 atom stereocenters. The van der Waals surface area contributed by atoms with E-state index in [0.29, 0.717) is 29.1 Å². The lowest BCUT2D eigenvalue weighted by Crippen LogP contribution is -2.43. The second-order valence-electron chi connectivity index (χ2n) is 7.15. The molecule has 2 amide bonds. The minimum absolute atomic E-state index is 0.0346. The van der Waals surface area contributed by atoms with Gasteiger partial charge in [-0.1, -0.05) is 30.7 Å². The lowest BCUT2D eigenvalue weighted by atomic mass is 9.99. The molecule has 1 saturated heterocycles. The zero-order valence-corrected chi connectivity index (χ0v) is 16.9. The van der Waals surface area contributed by atoms with Crippen LogP contribution in [-0.2, 0) is 6.42 Å². The summed E-state index contributed by atoms with van der Waals surface area (Å²) >= 11 is 5.98. The summed E-state index contributed by atoms with van der Waals surface area (Å²) in [6, 6.07) is 9.49. The molecule has 1 aromatic carbocycles. The van der Waals surface area contributed by atoms with E-state index in [-0.39, 0.29) is 17.9 Å². The van der Waals surface area contributed by atoms with E-state index >= 15 is 0 Å². The topological polar surface area (TPSA) is 62.3 Å². The number of benzene rings is 1. The fraction of sp³-hybridized carbons (Fsp3) is 0.409. The highest BCUT2D eigenvalue weighted by Gasteiger charge is 2.26. The van der Waals surface area contributed by atoms with Gasteiger partial charge in [-0.25, -0.2) is 0 Å². The molecule has 1 aliphatic rings. The minimum Gasteiger partial charge on any atom is -0.352 e. The van der Waals surface area contributed by atoms with Gasteiger partial charge in [0.15, 0.2) is 0 Å². The SMILES string of the molecule is CCC1CCCCN1C(=O)c1cncc(C(=O)NCCc2cccc(Cl)c2)c1. The number of hydrogen-bond acceptors (Lipinski definition) is 3. The van der Waals surface area contributed by atoms with Gasteiger partial charge in [-0.05, 0) is 55.9 Å². The molecule has 28 heavy (non-hydrogen) atoms. The molecule has 0 radical (unpaired) electrons. The maximum atomic E-state index is 12.9. The third kappa shape index (κ3) is 5.10. The highest BCUT2D eigenvalue weighted by Crippen LogP contribution is 2.22. The Balaban J connectivity index is 1.61. The molecule has 0 saturated carbocycles. The van der Waals surface area contributed by atoms with Crippen LogP contribution in [0.5, 0.6) is 0 Å². The molecular formula is C22H26ClN3O2. The number of piperidine rings is 1. The quantitative estimate of drug-likeness (QED) is 0.794. The molecule has 3 rings (SSSR count). The number of carbonyl (C=O) groups excluding carboxylic acids is 2. The van der Waals surface area contributed by atoms with E-state index in [4.69, 9.17) is 11.6 Å². The van der Waals surface area contributed by atoms with Gasteiger partial charge in [0.1, 0.15) is 0 Å². The zero-order chi connectivity index (χ0) is 19.9. The highest BCUT2D eigenvalue weighted by molar-refractivity contribution is 6.30. The summed E-state index contributed by atoms with van der Waals surface area (Å²) in [7, 11) is 0. The van der Waals surface area contributed by atoms with E-state index in [0.717, 1.165) is 37.8 Å². The molecule has 1 fully saturated rings. The number of carbonyl (C=O) groups is 2. The number of amides is 2. The summed E-state index contributed by atoms with van der Waals surface area (Å²) in [4.78, 5) is 31.4. The normalized spacial score (nSPS) is 16.6. The standard InChI is InChI=1S/C22H26ClN3O2/c1-2-20-8-3-4-11-26(20)22(28)18-13-17(14-24-15-18)21(27)25-10-9-16-6-5-7-19(23)12-16/h5-7,12-15,20H,2-4,8-11H2,1H3,(H,25,27). The van der Waals surface area contributed by atoms with E-state index in [9.17, 15) is 9.59 Å². The first kappa shape index (κ1) is 20.3. The van der Waals surface area contributed by atoms with Gasteiger partial charge in [0.05, 0.1) is 11.1 Å². The maximum Gasteiger partial charge on any atom is 0.255 e. The second kappa shape index (κ2) is 9.69. The largest absolute Gasteiger partial charge is 0.352 e. The number of hydrogen-bond donors (Lipinski definition) is 1. The molecule has 1 N–H and O–H groups in total. The number of nitrogens with zero attached hydrogens (tertiary/aromatic N) is 2. The number of aromatic nitrogens is 1. The minimum atomic E-state index is -0.227. The van der Waals surface area contributed by atoms with Crippen molar-refractivity contribution < 1.29 is 9.59 Å². The first-order valence-corrected chi connectivity index (χ1v) is 10.2. The number of nitrogens with one attached hydrogen (secondary N) is 1. The second-order valence-corrected chi connectivity index (χ2v) is 7.59. The molecule has 1 unspecified atom stereocenters. The van der Waals surface area contributed by atoms with Crippen molar-refractivity contribution in [1.29, 1.82) is 0 Å². The van der Waals surface area contributed by atoms with Crippen LogP contribution in [-0.4, -0.2) is 40.8 Å². The van der Waals surface area contributed by atoms with Crippen molar-refractivity contribution in [2.24, 2.45) is 0 Å². The molecule has 148 valence electrons. The van der Waals surface area contributed by atoms with Crippen molar-refractivity contribution in [3.63, 3.8) is 0 Å². The van der Waals surface area contributed by atoms with Crippen LogP contribution in [0, 0.1) is 0 Å². The summed E-state index contributed by atoms with van der Waals surface area (Å²) in [6.07, 6.45) is 7.91. The molecular weight excluding hydrogens is 374 g/mol. The molecule has 5 nitrogen and oxygen atoms in total. The Hall–Kier alpha value is -2.40. The lowest BCUT2D eigenvalue weighted by molar-refractivity contribution is 0.0607. The smallest absolute Gasteiger partial charge is 0.255 e. The average Bonchev–Trinajstić information content (AvgIpc) is 2.73. The third-order valence-corrected chi connectivity index (χ3v) is 5.43. The molecule has 1 aliphatic heterocycles. The Morgan fingerprint density at radius 1 is 1.21 bits per heavy atom. The average molecular weight is 400 g/mol. The van der Waals surface area contributed by atoms with Gasteiger partial charge < -0.3 is 10.2 Å². The molecule has 0 aliphatic carbocycles. The number of likely N-dealkylation sites (tertiary alicyclic amines) is 1. The molecule has 6 heteroatoms. The predicted molar refractivity (Wildman–Crippen MR) is 111 cm³/mol. The van der Waals surface area contributed by atoms with Crippen LogP contribution >= 0.6 is 11.6 Å². The fourth-order valence-electron chi connectivity index (χ4n) is 3.65. The van der Waals surface area contributed by atoms with Crippen LogP contribution in [0.3, 0.4) is 0 Å². The van der Waals surface area contributed by atoms with Gasteiger partial charge in [-0.3, -0.25) is 14.6 Å². The Labute approximate surface area is 171 Å². The molecule has 0 bridgehead atoms. The van der Waals surface area contributed by atoms with Crippen LogP contribution in [0.1, 0.15) is 58.9 Å². The van der Waals surface area contributed by atoms with Crippen molar-refractivity contribution in [3.8, 4) is 0 Å². The number of rotatable bonds is 6. The Morgan fingerprint density at radius 2 is 2.04 bits per heavy atom. The van der Waals surface area contributed by atoms with E-state index in [1.807, 2.05) is 29.2 Å². The summed E-state index contributed by atoms with van der Waals surface area (Å²) in [5, 5.41) is 3.57. The number of pyridine rings is 1. The van der Waals surface area contributed by atoms with Gasteiger partial charge >= 0.3 is 0 Å². The first-order chi connectivity index (χ1) is 13.6. The molecule has 0 spiro atoms. The van der Waals surface area contributed by atoms with Crippen molar-refractivity contribution in [1.82, 2.24) is 15.2 Å². The van der Waals surface area contributed by atoms with E-state index in [2.05, 4.69) is 17.2 Å². The monoisotopic (exact) mass is 399 g/mol. The fourth-order valence-corrected chi connectivity index (χ4v) is 3.87. The molecule has 2 heterocycles. The third-order valence-electron chi connectivity index (χ3n) is 5.19. The zero-order valence-electron chi connectivity index (χ0n) is 16.2. The number of halogens is 1. The van der Waals surface area contributed by atoms with Crippen molar-refractivity contribution in [3.05, 3.63) is 64.4 Å². The summed E-state index contributed by atoms with van der Waals surface area (Å²) in [5.74, 6) is -0.262. The predicted octanol–water partition coefficient (Wildman–Crippen LogP) is 4.11. The van der Waals surface area contributed by atoms with Gasteiger partial charge in [-0.2, -0.15) is 0 Å². The van der Waals surface area contributed by atoms with E-state index < -0.39 is 0 Å². The van der Waals surface area contributed by atoms with Crippen molar-refractivity contribution >= 4 is 23.4 Å². The summed E-state index contributed by atoms with van der Waals surface area (Å²) < 4.78 is 0. The van der Waals surface area contributed by atoms with Crippen LogP contribution in [0.15, 0.2) is 42.7 Å². The van der Waals surface area contributed by atoms with E-state index in [1.54, 1.807) is 12.3 Å². The van der Waals surface area contributed by atoms with Gasteiger partial charge in [0, 0.05) is 36.5 Å². The van der Waals surface area contributed by atoms with Gasteiger partial charge in [-0.15, -0.1) is 0 Å². The van der Waals surface area contributed by atoms with E-state index in [1.165, 1.54) is 6.20 Å². The molecule has 1 aromatic heterocycles. The Bertz CT molecular complexity index is 840. The van der Waals surface area contributed by atoms with Crippen molar-refractivity contribution in [2.75, 3.05) is 13.1 Å². The van der Waals surface area contributed by atoms with Crippen molar-refractivity contribution in [2.45, 2.75) is 45.1 Å². The first-order valence-electron chi connectivity index (χ1n) is 9.87. The van der Waals surface area contributed by atoms with Crippen LogP contribution in [0.2, 0.25) is 5.02 Å². The van der Waals surface area contributed by atoms with Crippen LogP contribution in [0.25, 0.3) is 0 Å². The Morgan fingerprint density at radius 3 is 2.82 bits per heavy atom. The van der Waals surface area contributed by atoms with Crippen LogP contribution < -0.4 is 5.32 Å². The van der Waals surface area contributed by atoms with Crippen LogP contribution in [0.4, 0.5) is 0 Å². The maximum absolute atomic E-state index is 12.9. The summed E-state index contributed by atoms with van der Waals surface area (Å²) in [5.41, 5.74) is 1.94. The Kier molecular flexibility index (Phi) is 7.04.